The van der Waals surface area contributed by atoms with E-state index >= 15 is 0 Å². The molecule has 0 unspecified atom stereocenters. The Morgan fingerprint density at radius 2 is 1.67 bits per heavy atom. The number of anilines is 1. The Hall–Kier alpha value is -2.55. The maximum absolute atomic E-state index is 13.2. The highest BCUT2D eigenvalue weighted by atomic mass is 32.2. The third-order valence-corrected chi connectivity index (χ3v) is 8.85. The first kappa shape index (κ1) is 19.4. The van der Waals surface area contributed by atoms with E-state index in [9.17, 15) is 8.42 Å². The van der Waals surface area contributed by atoms with Gasteiger partial charge >= 0.3 is 0 Å². The van der Waals surface area contributed by atoms with Gasteiger partial charge in [0.15, 0.2) is 0 Å². The van der Waals surface area contributed by atoms with Crippen LogP contribution < -0.4 is 4.90 Å². The molecular weight excluding hydrogens is 416 g/mol. The van der Waals surface area contributed by atoms with Crippen LogP contribution in [0, 0.1) is 13.8 Å². The zero-order chi connectivity index (χ0) is 20.9. The summed E-state index contributed by atoms with van der Waals surface area (Å²) < 4.78 is 28.0. The van der Waals surface area contributed by atoms with E-state index in [0.29, 0.717) is 31.1 Å². The lowest BCUT2D eigenvalue weighted by Gasteiger charge is -2.35. The average molecular weight is 439 g/mol. The molecule has 2 aromatic carbocycles. The molecule has 154 valence electrons. The molecule has 0 aliphatic carbocycles. The van der Waals surface area contributed by atoms with Crippen LogP contribution in [0.4, 0.5) is 5.82 Å². The van der Waals surface area contributed by atoms with E-state index in [2.05, 4.69) is 28.7 Å². The van der Waals surface area contributed by atoms with E-state index < -0.39 is 10.0 Å². The summed E-state index contributed by atoms with van der Waals surface area (Å²) in [7, 11) is -3.53. The Morgan fingerprint density at radius 3 is 2.43 bits per heavy atom. The zero-order valence-corrected chi connectivity index (χ0v) is 18.5. The zero-order valence-electron chi connectivity index (χ0n) is 16.9. The molecule has 30 heavy (non-hydrogen) atoms. The number of rotatable bonds is 3. The standard InChI is InChI=1S/C22H22N4O2S2/c1-15-16(2)29-22-20(15)21(23-14-24-22)25-9-11-26(12-10-25)30(27,28)19-8-7-17-5-3-4-6-18(17)13-19/h3-8,13-14H,9-12H2,1-2H3. The van der Waals surface area contributed by atoms with Crippen molar-refractivity contribution in [2.24, 2.45) is 0 Å². The SMILES string of the molecule is Cc1sc2ncnc(N3CCN(S(=O)(=O)c4ccc5ccccc5c4)CC3)c2c1C. The highest BCUT2D eigenvalue weighted by molar-refractivity contribution is 7.89. The number of piperazine rings is 1. The Balaban J connectivity index is 1.40. The van der Waals surface area contributed by atoms with Gasteiger partial charge in [0.05, 0.1) is 10.3 Å². The van der Waals surface area contributed by atoms with Crippen molar-refractivity contribution < 1.29 is 8.42 Å². The Morgan fingerprint density at radius 1 is 0.933 bits per heavy atom. The number of nitrogens with zero attached hydrogens (tertiary/aromatic N) is 4. The number of hydrogen-bond acceptors (Lipinski definition) is 6. The predicted molar refractivity (Wildman–Crippen MR) is 122 cm³/mol. The third kappa shape index (κ3) is 3.15. The van der Waals surface area contributed by atoms with Crippen LogP contribution >= 0.6 is 11.3 Å². The number of sulfonamides is 1. The van der Waals surface area contributed by atoms with E-state index in [4.69, 9.17) is 0 Å². The highest BCUT2D eigenvalue weighted by Crippen LogP contribution is 2.34. The fourth-order valence-electron chi connectivity index (χ4n) is 4.02. The first-order valence-electron chi connectivity index (χ1n) is 9.90. The molecule has 2 aromatic heterocycles. The molecule has 8 heteroatoms. The minimum absolute atomic E-state index is 0.350. The van der Waals surface area contributed by atoms with E-state index in [1.165, 1.54) is 10.4 Å². The number of aromatic nitrogens is 2. The Bertz CT molecular complexity index is 1360. The molecule has 0 amide bonds. The van der Waals surface area contributed by atoms with E-state index in [-0.39, 0.29) is 0 Å². The van der Waals surface area contributed by atoms with Gasteiger partial charge in [-0.2, -0.15) is 4.31 Å². The third-order valence-electron chi connectivity index (χ3n) is 5.84. The molecule has 1 aliphatic rings. The smallest absolute Gasteiger partial charge is 0.243 e. The Labute approximate surface area is 179 Å². The van der Waals surface area contributed by atoms with Gasteiger partial charge in [-0.15, -0.1) is 11.3 Å². The molecule has 0 saturated carbocycles. The van der Waals surface area contributed by atoms with Gasteiger partial charge in [-0.05, 0) is 42.3 Å². The summed E-state index contributed by atoms with van der Waals surface area (Å²) in [6, 6.07) is 13.2. The summed E-state index contributed by atoms with van der Waals surface area (Å²) in [4.78, 5) is 13.7. The van der Waals surface area contributed by atoms with Gasteiger partial charge < -0.3 is 4.90 Å². The molecule has 1 fully saturated rings. The van der Waals surface area contributed by atoms with Gasteiger partial charge in [0.25, 0.3) is 0 Å². The number of fused-ring (bicyclic) bond motifs is 2. The summed E-state index contributed by atoms with van der Waals surface area (Å²) in [6.07, 6.45) is 1.60. The van der Waals surface area contributed by atoms with Crippen molar-refractivity contribution in [1.82, 2.24) is 14.3 Å². The van der Waals surface area contributed by atoms with Gasteiger partial charge in [-0.25, -0.2) is 18.4 Å². The second-order valence-electron chi connectivity index (χ2n) is 7.56. The largest absolute Gasteiger partial charge is 0.353 e. The first-order chi connectivity index (χ1) is 14.4. The first-order valence-corrected chi connectivity index (χ1v) is 12.2. The lowest BCUT2D eigenvalue weighted by Crippen LogP contribution is -2.49. The molecule has 1 saturated heterocycles. The van der Waals surface area contributed by atoms with Crippen molar-refractivity contribution in [2.75, 3.05) is 31.1 Å². The summed E-state index contributed by atoms with van der Waals surface area (Å²) in [6.45, 7) is 6.27. The van der Waals surface area contributed by atoms with Crippen molar-refractivity contribution in [2.45, 2.75) is 18.7 Å². The van der Waals surface area contributed by atoms with E-state index in [0.717, 1.165) is 26.8 Å². The van der Waals surface area contributed by atoms with Crippen LogP contribution in [-0.4, -0.2) is 48.9 Å². The summed E-state index contributed by atoms with van der Waals surface area (Å²) >= 11 is 1.68. The summed E-state index contributed by atoms with van der Waals surface area (Å²) in [5, 5.41) is 3.06. The fraction of sp³-hybridized carbons (Fsp3) is 0.273. The monoisotopic (exact) mass is 438 g/mol. The van der Waals surface area contributed by atoms with Gasteiger partial charge in [0.2, 0.25) is 10.0 Å². The molecule has 0 atom stereocenters. The molecule has 0 spiro atoms. The van der Waals surface area contributed by atoms with Crippen LogP contribution in [-0.2, 0) is 10.0 Å². The Kier molecular flexibility index (Phi) is 4.72. The van der Waals surface area contributed by atoms with Crippen LogP contribution in [0.1, 0.15) is 10.4 Å². The van der Waals surface area contributed by atoms with Crippen LogP contribution in [0.15, 0.2) is 53.7 Å². The minimum Gasteiger partial charge on any atom is -0.353 e. The van der Waals surface area contributed by atoms with Crippen molar-refractivity contribution in [1.29, 1.82) is 0 Å². The fourth-order valence-corrected chi connectivity index (χ4v) is 6.47. The molecule has 3 heterocycles. The van der Waals surface area contributed by atoms with Crippen molar-refractivity contribution in [3.05, 3.63) is 59.2 Å². The van der Waals surface area contributed by atoms with Crippen molar-refractivity contribution in [3.63, 3.8) is 0 Å². The predicted octanol–water partition coefficient (Wildman–Crippen LogP) is 3.97. The highest BCUT2D eigenvalue weighted by Gasteiger charge is 2.30. The van der Waals surface area contributed by atoms with Gasteiger partial charge in [-0.3, -0.25) is 0 Å². The quantitative estimate of drug-likeness (QED) is 0.484. The van der Waals surface area contributed by atoms with Crippen molar-refractivity contribution in [3.8, 4) is 0 Å². The maximum atomic E-state index is 13.2. The van der Waals surface area contributed by atoms with E-state index in [1.807, 2.05) is 30.3 Å². The van der Waals surface area contributed by atoms with Crippen molar-refractivity contribution >= 4 is 48.2 Å². The van der Waals surface area contributed by atoms with Gasteiger partial charge in [0.1, 0.15) is 17.0 Å². The molecule has 1 aliphatic heterocycles. The van der Waals surface area contributed by atoms with Crippen LogP contribution in [0.5, 0.6) is 0 Å². The van der Waals surface area contributed by atoms with Gasteiger partial charge in [0, 0.05) is 31.1 Å². The minimum atomic E-state index is -3.53. The molecule has 5 rings (SSSR count). The molecule has 6 nitrogen and oxygen atoms in total. The molecule has 0 bridgehead atoms. The van der Waals surface area contributed by atoms with Crippen LogP contribution in [0.2, 0.25) is 0 Å². The normalized spacial score (nSPS) is 15.9. The second kappa shape index (κ2) is 7.30. The topological polar surface area (TPSA) is 66.4 Å². The van der Waals surface area contributed by atoms with E-state index in [1.54, 1.807) is 34.1 Å². The second-order valence-corrected chi connectivity index (χ2v) is 10.7. The average Bonchev–Trinajstić information content (AvgIpc) is 3.07. The molecular formula is C22H22N4O2S2. The maximum Gasteiger partial charge on any atom is 0.243 e. The number of thiophene rings is 1. The number of aryl methyl sites for hydroxylation is 2. The number of hydrogen-bond donors (Lipinski definition) is 0. The lowest BCUT2D eigenvalue weighted by atomic mass is 10.1. The summed E-state index contributed by atoms with van der Waals surface area (Å²) in [5.41, 5.74) is 1.21. The van der Waals surface area contributed by atoms with Crippen LogP contribution in [0.3, 0.4) is 0 Å². The number of benzene rings is 2. The molecule has 0 N–H and O–H groups in total. The molecule has 4 aromatic rings. The lowest BCUT2D eigenvalue weighted by molar-refractivity contribution is 0.384. The van der Waals surface area contributed by atoms with Crippen LogP contribution in [0.25, 0.3) is 21.0 Å². The molecule has 0 radical (unpaired) electrons. The van der Waals surface area contributed by atoms with Gasteiger partial charge in [-0.1, -0.05) is 30.3 Å². The summed E-state index contributed by atoms with van der Waals surface area (Å²) in [5.74, 6) is 0.907.